The molecular formula is C20H28O6. The highest BCUT2D eigenvalue weighted by Gasteiger charge is 2.33. The highest BCUT2D eigenvalue weighted by molar-refractivity contribution is 5.66. The van der Waals surface area contributed by atoms with Gasteiger partial charge in [-0.15, -0.1) is 0 Å². The number of rotatable bonds is 10. The van der Waals surface area contributed by atoms with E-state index in [4.69, 9.17) is 19.3 Å². The minimum absolute atomic E-state index is 0.0488. The number of aromatic hydroxyl groups is 1. The molecule has 1 aromatic rings. The zero-order valence-corrected chi connectivity index (χ0v) is 15.2. The molecule has 0 bridgehead atoms. The number of ether oxygens (including phenoxy) is 3. The van der Waals surface area contributed by atoms with Gasteiger partial charge < -0.3 is 24.4 Å². The van der Waals surface area contributed by atoms with Crippen molar-refractivity contribution >= 4 is 5.97 Å². The van der Waals surface area contributed by atoms with E-state index in [0.29, 0.717) is 39.1 Å². The number of carboxylic acid groups (broad SMARTS) is 1. The van der Waals surface area contributed by atoms with E-state index in [0.717, 1.165) is 5.56 Å². The smallest absolute Gasteiger partial charge is 0.303 e. The summed E-state index contributed by atoms with van der Waals surface area (Å²) >= 11 is 0. The van der Waals surface area contributed by atoms with Crippen molar-refractivity contribution in [2.45, 2.75) is 45.0 Å². The van der Waals surface area contributed by atoms with Gasteiger partial charge in [-0.1, -0.05) is 30.4 Å². The van der Waals surface area contributed by atoms with Gasteiger partial charge in [0.1, 0.15) is 5.75 Å². The quantitative estimate of drug-likeness (QED) is 0.487. The third-order valence-electron chi connectivity index (χ3n) is 4.30. The fourth-order valence-electron chi connectivity index (χ4n) is 2.95. The van der Waals surface area contributed by atoms with Crippen molar-refractivity contribution in [1.29, 1.82) is 0 Å². The van der Waals surface area contributed by atoms with E-state index in [1.807, 2.05) is 31.2 Å². The summed E-state index contributed by atoms with van der Waals surface area (Å²) in [6, 6.07) is 7.18. The molecule has 0 aromatic heterocycles. The fraction of sp³-hybridized carbons (Fsp3) is 0.550. The third-order valence-corrected chi connectivity index (χ3v) is 4.30. The summed E-state index contributed by atoms with van der Waals surface area (Å²) in [5.74, 6) is -0.543. The lowest BCUT2D eigenvalue weighted by atomic mass is 9.91. The van der Waals surface area contributed by atoms with Crippen LogP contribution in [0, 0.1) is 5.92 Å². The van der Waals surface area contributed by atoms with Crippen LogP contribution in [0.2, 0.25) is 0 Å². The van der Waals surface area contributed by atoms with Crippen LogP contribution >= 0.6 is 0 Å². The molecule has 1 aliphatic heterocycles. The van der Waals surface area contributed by atoms with E-state index in [-0.39, 0.29) is 30.5 Å². The van der Waals surface area contributed by atoms with Crippen LogP contribution in [0.25, 0.3) is 0 Å². The van der Waals surface area contributed by atoms with E-state index in [2.05, 4.69) is 0 Å². The van der Waals surface area contributed by atoms with Gasteiger partial charge >= 0.3 is 5.97 Å². The lowest BCUT2D eigenvalue weighted by Crippen LogP contribution is -2.35. The summed E-state index contributed by atoms with van der Waals surface area (Å²) in [5.41, 5.74) is 0.751. The van der Waals surface area contributed by atoms with Crippen LogP contribution in [0.15, 0.2) is 36.4 Å². The lowest BCUT2D eigenvalue weighted by molar-refractivity contribution is -0.244. The zero-order chi connectivity index (χ0) is 18.8. The molecule has 3 atom stereocenters. The van der Waals surface area contributed by atoms with E-state index < -0.39 is 5.97 Å². The van der Waals surface area contributed by atoms with Crippen molar-refractivity contribution < 1.29 is 29.2 Å². The maximum absolute atomic E-state index is 10.6. The number of phenolic OH excluding ortho intramolecular Hbond substituents is 1. The molecule has 1 fully saturated rings. The number of benzene rings is 1. The third kappa shape index (κ3) is 6.44. The highest BCUT2D eigenvalue weighted by atomic mass is 16.7. The summed E-state index contributed by atoms with van der Waals surface area (Å²) < 4.78 is 17.3. The molecule has 0 saturated carbocycles. The van der Waals surface area contributed by atoms with Crippen molar-refractivity contribution in [3.63, 3.8) is 0 Å². The van der Waals surface area contributed by atoms with E-state index >= 15 is 0 Å². The first-order valence-electron chi connectivity index (χ1n) is 9.11. The molecule has 144 valence electrons. The lowest BCUT2D eigenvalue weighted by Gasteiger charge is -2.36. The van der Waals surface area contributed by atoms with Gasteiger partial charge in [0.05, 0.1) is 19.3 Å². The zero-order valence-electron chi connectivity index (χ0n) is 15.2. The number of carboxylic acids is 1. The average Bonchev–Trinajstić information content (AvgIpc) is 2.63. The minimum atomic E-state index is -0.803. The van der Waals surface area contributed by atoms with Crippen molar-refractivity contribution in [2.24, 2.45) is 5.92 Å². The minimum Gasteiger partial charge on any atom is -0.508 e. The second-order valence-corrected chi connectivity index (χ2v) is 6.26. The molecule has 26 heavy (non-hydrogen) atoms. The van der Waals surface area contributed by atoms with Crippen LogP contribution in [-0.2, 0) is 19.0 Å². The largest absolute Gasteiger partial charge is 0.508 e. The van der Waals surface area contributed by atoms with Crippen molar-refractivity contribution in [3.8, 4) is 5.75 Å². The van der Waals surface area contributed by atoms with Crippen LogP contribution < -0.4 is 0 Å². The Bertz CT molecular complexity index is 585. The number of aliphatic carboxylic acids is 1. The molecule has 1 saturated heterocycles. The first-order chi connectivity index (χ1) is 12.6. The molecule has 2 N–H and O–H groups in total. The predicted molar refractivity (Wildman–Crippen MR) is 96.9 cm³/mol. The molecule has 1 aromatic carbocycles. The maximum atomic E-state index is 10.6. The highest BCUT2D eigenvalue weighted by Crippen LogP contribution is 2.39. The second-order valence-electron chi connectivity index (χ2n) is 6.26. The summed E-state index contributed by atoms with van der Waals surface area (Å²) in [7, 11) is 0. The number of phenols is 1. The number of hydrogen-bond acceptors (Lipinski definition) is 5. The summed E-state index contributed by atoms with van der Waals surface area (Å²) in [6.45, 7) is 3.67. The molecule has 1 heterocycles. The molecular weight excluding hydrogens is 336 g/mol. The SMILES string of the molecule is CCOCCC1OCC(C/C=C\CCC(=O)O)C(c2ccccc2O)O1. The molecule has 6 heteroatoms. The van der Waals surface area contributed by atoms with Gasteiger partial charge in [-0.05, 0) is 25.8 Å². The Kier molecular flexibility index (Phi) is 8.61. The Morgan fingerprint density at radius 1 is 1.35 bits per heavy atom. The van der Waals surface area contributed by atoms with Gasteiger partial charge in [-0.25, -0.2) is 0 Å². The Balaban J connectivity index is 2.01. The molecule has 2 rings (SSSR count). The summed E-state index contributed by atoms with van der Waals surface area (Å²) in [5, 5.41) is 18.9. The first kappa shape index (κ1) is 20.4. The normalized spacial score (nSPS) is 23.3. The summed E-state index contributed by atoms with van der Waals surface area (Å²) in [4.78, 5) is 10.6. The Hall–Kier alpha value is -1.89. The molecule has 0 spiro atoms. The van der Waals surface area contributed by atoms with Gasteiger partial charge in [0.15, 0.2) is 6.29 Å². The average molecular weight is 364 g/mol. The molecule has 1 aliphatic rings. The Morgan fingerprint density at radius 3 is 2.88 bits per heavy atom. The van der Waals surface area contributed by atoms with E-state index in [9.17, 15) is 9.90 Å². The molecule has 3 unspecified atom stereocenters. The van der Waals surface area contributed by atoms with Crippen LogP contribution in [0.1, 0.15) is 44.3 Å². The van der Waals surface area contributed by atoms with Gasteiger partial charge in [-0.3, -0.25) is 4.79 Å². The molecule has 0 radical (unpaired) electrons. The summed E-state index contributed by atoms with van der Waals surface area (Å²) in [6.07, 6.45) is 5.15. The Morgan fingerprint density at radius 2 is 2.15 bits per heavy atom. The van der Waals surface area contributed by atoms with Crippen molar-refractivity contribution in [2.75, 3.05) is 19.8 Å². The number of carbonyl (C=O) groups is 1. The Labute approximate surface area is 154 Å². The van der Waals surface area contributed by atoms with E-state index in [1.165, 1.54) is 0 Å². The number of para-hydroxylation sites is 1. The topological polar surface area (TPSA) is 85.2 Å². The fourth-order valence-corrected chi connectivity index (χ4v) is 2.95. The van der Waals surface area contributed by atoms with E-state index in [1.54, 1.807) is 12.1 Å². The molecule has 0 amide bonds. The van der Waals surface area contributed by atoms with Crippen LogP contribution in [0.3, 0.4) is 0 Å². The molecule has 0 aliphatic carbocycles. The standard InChI is InChI=1S/C20H28O6/c1-2-24-13-12-19-25-14-15(8-4-3-5-11-18(22)23)20(26-19)16-9-6-7-10-17(16)21/h3-4,6-7,9-10,15,19-21H,2,5,8,11-14H2,1H3,(H,22,23)/b4-3-. The van der Waals surface area contributed by atoms with Crippen LogP contribution in [-0.4, -0.2) is 42.3 Å². The second kappa shape index (κ2) is 11.0. The van der Waals surface area contributed by atoms with Gasteiger partial charge in [0.2, 0.25) is 0 Å². The first-order valence-corrected chi connectivity index (χ1v) is 9.11. The monoisotopic (exact) mass is 364 g/mol. The number of allylic oxidation sites excluding steroid dienone is 2. The maximum Gasteiger partial charge on any atom is 0.303 e. The van der Waals surface area contributed by atoms with Gasteiger partial charge in [-0.2, -0.15) is 0 Å². The van der Waals surface area contributed by atoms with Gasteiger partial charge in [0, 0.05) is 30.9 Å². The van der Waals surface area contributed by atoms with Crippen molar-refractivity contribution in [3.05, 3.63) is 42.0 Å². The van der Waals surface area contributed by atoms with Crippen LogP contribution in [0.5, 0.6) is 5.75 Å². The molecule has 6 nitrogen and oxygen atoms in total. The van der Waals surface area contributed by atoms with Gasteiger partial charge in [0.25, 0.3) is 0 Å². The van der Waals surface area contributed by atoms with Crippen LogP contribution in [0.4, 0.5) is 0 Å². The number of hydrogen-bond donors (Lipinski definition) is 2. The predicted octanol–water partition coefficient (Wildman–Crippen LogP) is 3.66. The van der Waals surface area contributed by atoms with Crippen molar-refractivity contribution in [1.82, 2.24) is 0 Å².